The summed E-state index contributed by atoms with van der Waals surface area (Å²) in [6.07, 6.45) is 13.9. The summed E-state index contributed by atoms with van der Waals surface area (Å²) in [4.78, 5) is 21.6. The van der Waals surface area contributed by atoms with Crippen LogP contribution in [0.2, 0.25) is 0 Å². The smallest absolute Gasteiger partial charge is 1.00 e. The van der Waals surface area contributed by atoms with Crippen LogP contribution in [0.4, 0.5) is 0 Å². The molecule has 0 bridgehead atoms. The van der Waals surface area contributed by atoms with Crippen molar-refractivity contribution < 1.29 is 83.0 Å². The Morgan fingerprint density at radius 2 is 1.00 bits per heavy atom. The van der Waals surface area contributed by atoms with Gasteiger partial charge in [0.1, 0.15) is 0 Å². The van der Waals surface area contributed by atoms with Gasteiger partial charge in [0.2, 0.25) is 0 Å². The normalized spacial score (nSPS) is 9.00. The minimum absolute atomic E-state index is 0. The first-order valence-electron chi connectivity index (χ1n) is 7.19. The summed E-state index contributed by atoms with van der Waals surface area (Å²) >= 11 is 0. The average Bonchev–Trinajstić information content (AvgIpc) is 2.28. The molecule has 0 spiro atoms. The van der Waals surface area contributed by atoms with Gasteiger partial charge in [0, 0.05) is 0 Å². The molecular weight excluding hydrogens is 470 g/mol. The van der Waals surface area contributed by atoms with Crippen LogP contribution < -0.4 is 29.6 Å². The quantitative estimate of drug-likeness (QED) is 0.0785. The van der Waals surface area contributed by atoms with Gasteiger partial charge in [-0.1, -0.05) is 64.7 Å². The van der Waals surface area contributed by atoms with E-state index in [-0.39, 0.29) is 122 Å². The van der Waals surface area contributed by atoms with E-state index in [1.165, 1.54) is 57.8 Å². The molecule has 0 aromatic rings. The van der Waals surface area contributed by atoms with Crippen molar-refractivity contribution in [2.45, 2.75) is 71.1 Å². The predicted molar refractivity (Wildman–Crippen MR) is 109 cm³/mol. The molecule has 0 fully saturated rings. The summed E-state index contributed by atoms with van der Waals surface area (Å²) in [5.41, 5.74) is 0. The van der Waals surface area contributed by atoms with Gasteiger partial charge in [-0.05, 0) is 0 Å². The van der Waals surface area contributed by atoms with Gasteiger partial charge in [-0.3, -0.25) is 9.11 Å². The summed E-state index contributed by atoms with van der Waals surface area (Å²) < 4.78 is 40.5. The van der Waals surface area contributed by atoms with Crippen LogP contribution in [-0.4, -0.2) is 119 Å². The standard InChI is InChI=1S/C12H25.2Ca.Na.H3O4P.H2O4S.2H2O.4H/c1-3-5-7-9-11-12-10-8-6-4-2;;;;2*1-5(2,3)4;;;;;;/h1,3-12H2,2H3;;;;(H3,1,2,3,4);(H2,1,2,3,4);2*1H2;;;;/q-1;2*+2;+1;;;;;4*-1. The van der Waals surface area contributed by atoms with Crippen molar-refractivity contribution in [1.29, 1.82) is 0 Å². The number of hydrogen-bond donors (Lipinski definition) is 5. The number of hydrogen-bond acceptors (Lipinski definition) is 3. The number of unbranched alkanes of at least 4 members (excludes halogenated alkanes) is 9. The van der Waals surface area contributed by atoms with Crippen LogP contribution >= 0.6 is 7.82 Å². The molecule has 0 aliphatic heterocycles. The van der Waals surface area contributed by atoms with Crippen molar-refractivity contribution in [2.75, 3.05) is 0 Å². The molecule has 0 rings (SSSR count). The van der Waals surface area contributed by atoms with Crippen LogP contribution in [0.3, 0.4) is 0 Å². The molecule has 0 amide bonds. The van der Waals surface area contributed by atoms with E-state index in [9.17, 15) is 0 Å². The summed E-state index contributed by atoms with van der Waals surface area (Å²) in [5.74, 6) is 0. The largest absolute Gasteiger partial charge is 2.00 e. The molecule has 15 heteroatoms. The molecule has 0 heterocycles. The van der Waals surface area contributed by atoms with Crippen molar-refractivity contribution in [3.63, 3.8) is 0 Å². The second-order valence-corrected chi connectivity index (χ2v) is 6.57. The van der Waals surface area contributed by atoms with E-state index in [4.69, 9.17) is 36.8 Å². The summed E-state index contributed by atoms with van der Waals surface area (Å²) in [6.45, 7) is 6.12. The second-order valence-electron chi connectivity index (χ2n) is 4.64. The van der Waals surface area contributed by atoms with Gasteiger partial charge in [0.15, 0.2) is 0 Å². The Labute approximate surface area is 251 Å². The first-order chi connectivity index (χ1) is 9.91. The average molecular weight is 509 g/mol. The van der Waals surface area contributed by atoms with Crippen LogP contribution in [0, 0.1) is 6.92 Å². The summed E-state index contributed by atoms with van der Waals surface area (Å²) in [7, 11) is -9.31. The minimum atomic E-state index is -4.67. The second kappa shape index (κ2) is 36.8. The Kier molecular flexibility index (Phi) is 71.3. The third-order valence-electron chi connectivity index (χ3n) is 2.35. The van der Waals surface area contributed by atoms with Gasteiger partial charge in [0.05, 0.1) is 0 Å². The van der Waals surface area contributed by atoms with E-state index in [0.717, 1.165) is 6.42 Å². The van der Waals surface area contributed by atoms with Crippen molar-refractivity contribution in [2.24, 2.45) is 0 Å². The third-order valence-corrected chi connectivity index (χ3v) is 2.35. The molecule has 0 unspecified atom stereocenters. The molecule has 0 saturated carbocycles. The molecule has 0 saturated heterocycles. The Bertz CT molecular complexity index is 362. The maximum absolute atomic E-state index is 8.88. The van der Waals surface area contributed by atoms with Crippen molar-refractivity contribution >= 4 is 93.7 Å². The minimum Gasteiger partial charge on any atom is -1.00 e. The van der Waals surface area contributed by atoms with Crippen LogP contribution in [0.25, 0.3) is 0 Å². The van der Waals surface area contributed by atoms with Crippen LogP contribution in [0.15, 0.2) is 0 Å². The van der Waals surface area contributed by atoms with Crippen LogP contribution in [0.5, 0.6) is 0 Å². The van der Waals surface area contributed by atoms with E-state index >= 15 is 0 Å². The first-order valence-corrected chi connectivity index (χ1v) is 10.2. The molecular formula is C12H38Ca2NaO10PS. The SMILES string of the molecule is O.O.O=P(O)(O)O.O=S(=O)(O)O.[CH2-]CCCCCCCCCCC.[Ca+2].[Ca+2].[H-].[H-].[H-].[H-].[Na+]. The first kappa shape index (κ1) is 52.4. The Morgan fingerprint density at radius 1 is 0.815 bits per heavy atom. The molecule has 10 nitrogen and oxygen atoms in total. The van der Waals surface area contributed by atoms with Crippen LogP contribution in [0.1, 0.15) is 76.8 Å². The topological polar surface area (TPSA) is 215 Å². The molecule has 0 aromatic heterocycles. The number of phosphoric acid groups is 1. The fraction of sp³-hybridized carbons (Fsp3) is 0.917. The zero-order valence-electron chi connectivity index (χ0n) is 20.5. The molecule has 0 radical (unpaired) electrons. The van der Waals surface area contributed by atoms with E-state index in [2.05, 4.69) is 13.8 Å². The zero-order valence-corrected chi connectivity index (χ0v) is 24.6. The monoisotopic (exact) mass is 508 g/mol. The van der Waals surface area contributed by atoms with E-state index in [0.29, 0.717) is 0 Å². The van der Waals surface area contributed by atoms with E-state index in [1.54, 1.807) is 0 Å². The molecule has 9 N–H and O–H groups in total. The Morgan fingerprint density at radius 3 is 1.19 bits per heavy atom. The third kappa shape index (κ3) is 143. The van der Waals surface area contributed by atoms with E-state index in [1.807, 2.05) is 0 Å². The van der Waals surface area contributed by atoms with Gasteiger partial charge in [-0.25, -0.2) is 4.57 Å². The van der Waals surface area contributed by atoms with Crippen molar-refractivity contribution in [1.82, 2.24) is 0 Å². The fourth-order valence-electron chi connectivity index (χ4n) is 1.49. The van der Waals surface area contributed by atoms with Gasteiger partial charge in [0.25, 0.3) is 0 Å². The Balaban J connectivity index is -0.0000000168. The zero-order chi connectivity index (χ0) is 18.1. The van der Waals surface area contributed by atoms with E-state index < -0.39 is 18.2 Å². The van der Waals surface area contributed by atoms with Crippen LogP contribution in [-0.2, 0) is 15.0 Å². The maximum atomic E-state index is 8.88. The van der Waals surface area contributed by atoms with Gasteiger partial charge >= 0.3 is 123 Å². The van der Waals surface area contributed by atoms with Gasteiger partial charge < -0.3 is 38.3 Å². The molecule has 0 atom stereocenters. The van der Waals surface area contributed by atoms with Crippen molar-refractivity contribution in [3.05, 3.63) is 6.92 Å². The summed E-state index contributed by atoms with van der Waals surface area (Å²) in [5, 5.41) is 0. The van der Waals surface area contributed by atoms with Gasteiger partial charge in [-0.15, -0.1) is 0 Å². The predicted octanol–water partition coefficient (Wildman–Crippen LogP) is -1.80. The maximum Gasteiger partial charge on any atom is 2.00 e. The van der Waals surface area contributed by atoms with Crippen molar-refractivity contribution in [3.8, 4) is 0 Å². The summed E-state index contributed by atoms with van der Waals surface area (Å²) in [6, 6.07) is 0. The number of rotatable bonds is 9. The fourth-order valence-corrected chi connectivity index (χ4v) is 1.49. The Hall–Kier alpha value is 3.42. The molecule has 0 aromatic carbocycles. The molecule has 0 aliphatic rings. The molecule has 27 heavy (non-hydrogen) atoms. The molecule has 162 valence electrons. The molecule has 0 aliphatic carbocycles. The van der Waals surface area contributed by atoms with Gasteiger partial charge in [-0.2, -0.15) is 14.8 Å².